The van der Waals surface area contributed by atoms with Crippen LogP contribution in [0.1, 0.15) is 12.5 Å². The fraction of sp³-hybridized carbons (Fsp3) is 0.176. The molecule has 0 radical (unpaired) electrons. The number of benzene rings is 2. The van der Waals surface area contributed by atoms with Crippen molar-refractivity contribution in [3.05, 3.63) is 60.2 Å². The zero-order valence-corrected chi connectivity index (χ0v) is 12.7. The third-order valence-corrected chi connectivity index (χ3v) is 3.08. The van der Waals surface area contributed by atoms with Gasteiger partial charge in [-0.05, 0) is 36.8 Å². The molecule has 114 valence electrons. The van der Waals surface area contributed by atoms with E-state index in [0.717, 1.165) is 22.7 Å². The predicted octanol–water partition coefficient (Wildman–Crippen LogP) is 2.65. The topological polar surface area (TPSA) is 62.7 Å². The maximum atomic E-state index is 11.8. The van der Waals surface area contributed by atoms with E-state index in [1.807, 2.05) is 61.5 Å². The lowest BCUT2D eigenvalue weighted by atomic mass is 10.1. The van der Waals surface area contributed by atoms with Crippen LogP contribution >= 0.6 is 0 Å². The summed E-state index contributed by atoms with van der Waals surface area (Å²) in [5, 5.41) is 7.11. The maximum Gasteiger partial charge on any atom is 0.259 e. The average Bonchev–Trinajstić information content (AvgIpc) is 2.59. The number of carbonyl (C=O) groups is 1. The Morgan fingerprint density at radius 1 is 1.09 bits per heavy atom. The Morgan fingerprint density at radius 2 is 1.77 bits per heavy atom. The molecule has 0 saturated heterocycles. The van der Waals surface area contributed by atoms with Crippen LogP contribution < -0.4 is 15.5 Å². The highest BCUT2D eigenvalue weighted by molar-refractivity contribution is 5.99. The Labute approximate surface area is 130 Å². The van der Waals surface area contributed by atoms with Crippen LogP contribution in [-0.2, 0) is 4.79 Å². The molecule has 0 aliphatic rings. The molecule has 2 aromatic carbocycles. The smallest absolute Gasteiger partial charge is 0.259 e. The zero-order valence-electron chi connectivity index (χ0n) is 12.7. The average molecular weight is 297 g/mol. The highest BCUT2D eigenvalue weighted by Crippen LogP contribution is 2.14. The maximum absolute atomic E-state index is 11.8. The summed E-state index contributed by atoms with van der Waals surface area (Å²) in [6, 6.07) is 17.1. The van der Waals surface area contributed by atoms with Crippen LogP contribution in [0.15, 0.2) is 59.7 Å². The van der Waals surface area contributed by atoms with E-state index in [4.69, 9.17) is 4.74 Å². The van der Waals surface area contributed by atoms with Crippen LogP contribution in [0.25, 0.3) is 0 Å². The summed E-state index contributed by atoms with van der Waals surface area (Å²) < 4.78 is 5.08. The molecule has 0 fully saturated rings. The summed E-state index contributed by atoms with van der Waals surface area (Å²) in [7, 11) is 1.61. The van der Waals surface area contributed by atoms with E-state index >= 15 is 0 Å². The summed E-state index contributed by atoms with van der Waals surface area (Å²) in [6.07, 6.45) is 0. The fourth-order valence-corrected chi connectivity index (χ4v) is 1.82. The molecule has 0 bridgehead atoms. The highest BCUT2D eigenvalue weighted by atomic mass is 16.5. The van der Waals surface area contributed by atoms with Crippen LogP contribution in [0.2, 0.25) is 0 Å². The van der Waals surface area contributed by atoms with Gasteiger partial charge in [0.2, 0.25) is 0 Å². The number of hydrazone groups is 1. The molecule has 0 aliphatic heterocycles. The lowest BCUT2D eigenvalue weighted by Gasteiger charge is -2.07. The second kappa shape index (κ2) is 7.83. The highest BCUT2D eigenvalue weighted by Gasteiger charge is 2.01. The Morgan fingerprint density at radius 3 is 2.41 bits per heavy atom. The summed E-state index contributed by atoms with van der Waals surface area (Å²) in [4.78, 5) is 11.8. The number of rotatable bonds is 6. The lowest BCUT2D eigenvalue weighted by molar-refractivity contribution is -0.119. The number of amides is 1. The first-order chi connectivity index (χ1) is 10.7. The third kappa shape index (κ3) is 4.63. The Hall–Kier alpha value is -2.82. The number of nitrogens with zero attached hydrogens (tertiary/aromatic N) is 1. The Balaban J connectivity index is 1.82. The summed E-state index contributed by atoms with van der Waals surface area (Å²) in [5.41, 5.74) is 5.12. The van der Waals surface area contributed by atoms with E-state index in [-0.39, 0.29) is 12.5 Å². The molecule has 0 aliphatic carbocycles. The van der Waals surface area contributed by atoms with Gasteiger partial charge in [0.05, 0.1) is 19.4 Å². The second-order valence-corrected chi connectivity index (χ2v) is 4.68. The largest absolute Gasteiger partial charge is 0.497 e. The van der Waals surface area contributed by atoms with Crippen molar-refractivity contribution < 1.29 is 9.53 Å². The monoisotopic (exact) mass is 297 g/mol. The molecule has 0 aromatic heterocycles. The summed E-state index contributed by atoms with van der Waals surface area (Å²) in [5.74, 6) is 0.573. The normalized spacial score (nSPS) is 10.9. The molecule has 1 amide bonds. The van der Waals surface area contributed by atoms with E-state index in [9.17, 15) is 4.79 Å². The minimum absolute atomic E-state index is 0.151. The molecule has 0 spiro atoms. The first-order valence-electron chi connectivity index (χ1n) is 6.95. The van der Waals surface area contributed by atoms with Crippen molar-refractivity contribution in [2.75, 3.05) is 19.0 Å². The minimum Gasteiger partial charge on any atom is -0.497 e. The summed E-state index contributed by atoms with van der Waals surface area (Å²) in [6.45, 7) is 2.00. The third-order valence-electron chi connectivity index (χ3n) is 3.08. The van der Waals surface area contributed by atoms with Crippen molar-refractivity contribution in [1.29, 1.82) is 0 Å². The standard InChI is InChI=1S/C17H19N3O2/c1-13(14-6-4-3-5-7-14)19-20-17(21)12-18-15-8-10-16(22-2)11-9-15/h3-11,18H,12H2,1-2H3,(H,20,21)/b19-13-. The van der Waals surface area contributed by atoms with Gasteiger partial charge < -0.3 is 10.1 Å². The van der Waals surface area contributed by atoms with Crippen molar-refractivity contribution >= 4 is 17.3 Å². The number of methoxy groups -OCH3 is 1. The van der Waals surface area contributed by atoms with Gasteiger partial charge >= 0.3 is 0 Å². The van der Waals surface area contributed by atoms with Gasteiger partial charge in [-0.3, -0.25) is 4.79 Å². The minimum atomic E-state index is -0.203. The van der Waals surface area contributed by atoms with Crippen LogP contribution in [0.3, 0.4) is 0 Å². The van der Waals surface area contributed by atoms with Crippen LogP contribution in [0.4, 0.5) is 5.69 Å². The first-order valence-corrected chi connectivity index (χ1v) is 6.95. The fourth-order valence-electron chi connectivity index (χ4n) is 1.82. The molecule has 0 unspecified atom stereocenters. The van der Waals surface area contributed by atoms with Crippen molar-refractivity contribution in [1.82, 2.24) is 5.43 Å². The molecule has 5 heteroatoms. The van der Waals surface area contributed by atoms with Crippen molar-refractivity contribution in [2.24, 2.45) is 5.10 Å². The van der Waals surface area contributed by atoms with E-state index in [1.54, 1.807) is 7.11 Å². The molecular formula is C17H19N3O2. The van der Waals surface area contributed by atoms with Crippen LogP contribution in [-0.4, -0.2) is 25.3 Å². The van der Waals surface area contributed by atoms with Gasteiger partial charge in [-0.25, -0.2) is 5.43 Å². The molecular weight excluding hydrogens is 278 g/mol. The van der Waals surface area contributed by atoms with Gasteiger partial charge in [0, 0.05) is 5.69 Å². The van der Waals surface area contributed by atoms with E-state index in [0.29, 0.717) is 0 Å². The number of anilines is 1. The molecule has 0 saturated carbocycles. The van der Waals surface area contributed by atoms with Gasteiger partial charge in [-0.2, -0.15) is 5.10 Å². The van der Waals surface area contributed by atoms with Crippen LogP contribution in [0, 0.1) is 0 Å². The Kier molecular flexibility index (Phi) is 5.54. The number of hydrogen-bond donors (Lipinski definition) is 2. The number of ether oxygens (including phenoxy) is 1. The second-order valence-electron chi connectivity index (χ2n) is 4.68. The molecule has 2 aromatic rings. The zero-order chi connectivity index (χ0) is 15.8. The molecule has 0 heterocycles. The number of hydrogen-bond acceptors (Lipinski definition) is 4. The van der Waals surface area contributed by atoms with Crippen molar-refractivity contribution in [3.63, 3.8) is 0 Å². The molecule has 2 rings (SSSR count). The number of nitrogens with one attached hydrogen (secondary N) is 2. The van der Waals surface area contributed by atoms with Crippen molar-refractivity contribution in [2.45, 2.75) is 6.92 Å². The molecule has 0 atom stereocenters. The summed E-state index contributed by atoms with van der Waals surface area (Å²) >= 11 is 0. The van der Waals surface area contributed by atoms with Gasteiger partial charge in [0.1, 0.15) is 5.75 Å². The predicted molar refractivity (Wildman–Crippen MR) is 88.3 cm³/mol. The van der Waals surface area contributed by atoms with Crippen molar-refractivity contribution in [3.8, 4) is 5.75 Å². The van der Waals surface area contributed by atoms with E-state index in [1.165, 1.54) is 0 Å². The Bertz CT molecular complexity index is 637. The van der Waals surface area contributed by atoms with Gasteiger partial charge in [0.15, 0.2) is 0 Å². The van der Waals surface area contributed by atoms with E-state index in [2.05, 4.69) is 15.8 Å². The molecule has 2 N–H and O–H groups in total. The molecule has 22 heavy (non-hydrogen) atoms. The van der Waals surface area contributed by atoms with Gasteiger partial charge in [-0.15, -0.1) is 0 Å². The molecule has 5 nitrogen and oxygen atoms in total. The van der Waals surface area contributed by atoms with E-state index < -0.39 is 0 Å². The number of carbonyl (C=O) groups excluding carboxylic acids is 1. The SMILES string of the molecule is COc1ccc(NCC(=O)N/N=C(/C)c2ccccc2)cc1. The quantitative estimate of drug-likeness (QED) is 0.636. The first kappa shape index (κ1) is 15.6. The van der Waals surface area contributed by atoms with Crippen LogP contribution in [0.5, 0.6) is 5.75 Å². The van der Waals surface area contributed by atoms with Gasteiger partial charge in [-0.1, -0.05) is 30.3 Å². The lowest BCUT2D eigenvalue weighted by Crippen LogP contribution is -2.26. The van der Waals surface area contributed by atoms with Gasteiger partial charge in [0.25, 0.3) is 5.91 Å².